The molecule has 0 radical (unpaired) electrons. The second-order valence-corrected chi connectivity index (χ2v) is 7.50. The molecule has 1 fully saturated rings. The molecule has 4 rings (SSSR count). The fourth-order valence-corrected chi connectivity index (χ4v) is 3.48. The molecule has 30 heavy (non-hydrogen) atoms. The number of halogens is 3. The Bertz CT molecular complexity index is 1040. The van der Waals surface area contributed by atoms with E-state index in [1.807, 2.05) is 24.3 Å². The number of hydrogen-bond donors (Lipinski definition) is 2. The van der Waals surface area contributed by atoms with Crippen LogP contribution < -0.4 is 10.6 Å². The number of benzene rings is 2. The lowest BCUT2D eigenvalue weighted by molar-refractivity contribution is 0.375. The van der Waals surface area contributed by atoms with Crippen LogP contribution in [0.5, 0.6) is 0 Å². The first-order chi connectivity index (χ1) is 14.1. The summed E-state index contributed by atoms with van der Waals surface area (Å²) in [6.07, 6.45) is 1.90. The molecule has 0 saturated heterocycles. The van der Waals surface area contributed by atoms with Crippen molar-refractivity contribution in [1.29, 1.82) is 0 Å². The second kappa shape index (κ2) is 9.74. The first-order valence-corrected chi connectivity index (χ1v) is 9.75. The van der Waals surface area contributed by atoms with Gasteiger partial charge >= 0.3 is 0 Å². The van der Waals surface area contributed by atoms with E-state index in [1.165, 1.54) is 6.07 Å². The largest absolute Gasteiger partial charge is 0.356 e. The van der Waals surface area contributed by atoms with Crippen LogP contribution in [0.3, 0.4) is 0 Å². The third-order valence-corrected chi connectivity index (χ3v) is 5.31. The van der Waals surface area contributed by atoms with E-state index >= 15 is 0 Å². The number of nitrogens with one attached hydrogen (secondary N) is 2. The number of guanidine groups is 1. The molecule has 0 atom stereocenters. The summed E-state index contributed by atoms with van der Waals surface area (Å²) < 4.78 is 19.5. The summed E-state index contributed by atoms with van der Waals surface area (Å²) in [4.78, 5) is 8.60. The van der Waals surface area contributed by atoms with Gasteiger partial charge in [-0.25, -0.2) is 4.39 Å². The van der Waals surface area contributed by atoms with Gasteiger partial charge in [0.05, 0.1) is 6.54 Å². The van der Waals surface area contributed by atoms with E-state index in [4.69, 9.17) is 16.1 Å². The van der Waals surface area contributed by atoms with Gasteiger partial charge in [0.15, 0.2) is 5.96 Å². The highest BCUT2D eigenvalue weighted by Crippen LogP contribution is 2.48. The minimum atomic E-state index is -0.173. The fraction of sp³-hybridized carbons (Fsp3) is 0.286. The van der Waals surface area contributed by atoms with E-state index in [1.54, 1.807) is 25.2 Å². The van der Waals surface area contributed by atoms with E-state index in [0.717, 1.165) is 24.0 Å². The van der Waals surface area contributed by atoms with Gasteiger partial charge in [-0.15, -0.1) is 24.0 Å². The summed E-state index contributed by atoms with van der Waals surface area (Å²) >= 11 is 6.01. The van der Waals surface area contributed by atoms with Gasteiger partial charge in [-0.3, -0.25) is 4.99 Å². The Morgan fingerprint density at radius 1 is 1.20 bits per heavy atom. The molecule has 1 aliphatic rings. The van der Waals surface area contributed by atoms with E-state index < -0.39 is 0 Å². The van der Waals surface area contributed by atoms with Crippen LogP contribution in [0.15, 0.2) is 58.0 Å². The SMILES string of the molecule is CN=C(NCc1nc(-c2cccc(Cl)c2)no1)NCC1(c2ccccc2F)CC1.I. The number of hydrogen-bond acceptors (Lipinski definition) is 4. The van der Waals surface area contributed by atoms with Crippen LogP contribution in [-0.2, 0) is 12.0 Å². The Hall–Kier alpha value is -2.20. The molecule has 3 aromatic rings. The van der Waals surface area contributed by atoms with E-state index in [0.29, 0.717) is 35.8 Å². The van der Waals surface area contributed by atoms with Crippen molar-refractivity contribution in [3.63, 3.8) is 0 Å². The molecule has 0 unspecified atom stereocenters. The zero-order chi connectivity index (χ0) is 20.3. The van der Waals surface area contributed by atoms with Crippen molar-refractivity contribution in [2.75, 3.05) is 13.6 Å². The summed E-state index contributed by atoms with van der Waals surface area (Å²) in [7, 11) is 1.68. The summed E-state index contributed by atoms with van der Waals surface area (Å²) in [5, 5.41) is 11.0. The summed E-state index contributed by atoms with van der Waals surface area (Å²) in [6.45, 7) is 0.922. The topological polar surface area (TPSA) is 75.3 Å². The molecular formula is C21H22ClFIN5O. The molecule has 1 aromatic heterocycles. The Labute approximate surface area is 196 Å². The predicted molar refractivity (Wildman–Crippen MR) is 126 cm³/mol. The van der Waals surface area contributed by atoms with Gasteiger partial charge in [0, 0.05) is 29.6 Å². The molecular weight excluding hydrogens is 520 g/mol. The number of rotatable bonds is 6. The molecule has 158 valence electrons. The summed E-state index contributed by atoms with van der Waals surface area (Å²) in [5.41, 5.74) is 1.37. The Kier molecular flexibility index (Phi) is 7.30. The van der Waals surface area contributed by atoms with Gasteiger partial charge in [-0.1, -0.05) is 47.1 Å². The van der Waals surface area contributed by atoms with E-state index in [9.17, 15) is 4.39 Å². The van der Waals surface area contributed by atoms with Gasteiger partial charge in [0.2, 0.25) is 11.7 Å². The third-order valence-electron chi connectivity index (χ3n) is 5.07. The average Bonchev–Trinajstić information content (AvgIpc) is 3.36. The Balaban J connectivity index is 0.00000256. The van der Waals surface area contributed by atoms with Gasteiger partial charge in [-0.2, -0.15) is 4.98 Å². The molecule has 2 aromatic carbocycles. The minimum absolute atomic E-state index is 0. The summed E-state index contributed by atoms with van der Waals surface area (Å²) in [5.74, 6) is 1.34. The molecule has 0 amide bonds. The Morgan fingerprint density at radius 2 is 2.00 bits per heavy atom. The van der Waals surface area contributed by atoms with E-state index in [-0.39, 0.29) is 35.2 Å². The molecule has 1 saturated carbocycles. The number of aromatic nitrogens is 2. The van der Waals surface area contributed by atoms with E-state index in [2.05, 4.69) is 25.8 Å². The van der Waals surface area contributed by atoms with Crippen LogP contribution in [0.25, 0.3) is 11.4 Å². The van der Waals surface area contributed by atoms with Gasteiger partial charge in [0.1, 0.15) is 5.82 Å². The highest BCUT2D eigenvalue weighted by molar-refractivity contribution is 14.0. The van der Waals surface area contributed by atoms with Crippen molar-refractivity contribution in [3.8, 4) is 11.4 Å². The maximum absolute atomic E-state index is 14.2. The monoisotopic (exact) mass is 541 g/mol. The lowest BCUT2D eigenvalue weighted by atomic mass is 9.95. The van der Waals surface area contributed by atoms with Crippen molar-refractivity contribution in [2.45, 2.75) is 24.8 Å². The van der Waals surface area contributed by atoms with Crippen LogP contribution in [0.2, 0.25) is 5.02 Å². The fourth-order valence-electron chi connectivity index (χ4n) is 3.29. The normalized spacial score (nSPS) is 14.7. The highest BCUT2D eigenvalue weighted by Gasteiger charge is 2.45. The number of aliphatic imine (C=N–C) groups is 1. The van der Waals surface area contributed by atoms with Crippen molar-refractivity contribution in [2.24, 2.45) is 4.99 Å². The molecule has 1 aliphatic carbocycles. The van der Waals surface area contributed by atoms with Crippen molar-refractivity contribution < 1.29 is 8.91 Å². The highest BCUT2D eigenvalue weighted by atomic mass is 127. The molecule has 0 spiro atoms. The lowest BCUT2D eigenvalue weighted by Crippen LogP contribution is -2.41. The first kappa shape index (κ1) is 22.5. The quantitative estimate of drug-likeness (QED) is 0.272. The molecule has 9 heteroatoms. The lowest BCUT2D eigenvalue weighted by Gasteiger charge is -2.19. The standard InChI is InChI=1S/C21H21ClFN5O.HI/c1-24-20(26-13-21(9-10-21)16-7-2-3-8-17(16)23)25-12-18-27-19(28-29-18)14-5-4-6-15(22)11-14;/h2-8,11H,9-10,12-13H2,1H3,(H2,24,25,26);1H. The third kappa shape index (κ3) is 5.10. The van der Waals surface area contributed by atoms with Crippen LogP contribution in [0, 0.1) is 5.82 Å². The summed E-state index contributed by atoms with van der Waals surface area (Å²) in [6, 6.07) is 14.2. The second-order valence-electron chi connectivity index (χ2n) is 7.06. The molecule has 2 N–H and O–H groups in total. The first-order valence-electron chi connectivity index (χ1n) is 9.38. The maximum Gasteiger partial charge on any atom is 0.246 e. The predicted octanol–water partition coefficient (Wildman–Crippen LogP) is 4.54. The zero-order valence-corrected chi connectivity index (χ0v) is 19.4. The van der Waals surface area contributed by atoms with Gasteiger partial charge in [0.25, 0.3) is 0 Å². The molecule has 6 nitrogen and oxygen atoms in total. The van der Waals surface area contributed by atoms with Crippen LogP contribution in [0.1, 0.15) is 24.3 Å². The molecule has 0 aliphatic heterocycles. The van der Waals surface area contributed by atoms with Gasteiger partial charge in [-0.05, 0) is 36.6 Å². The van der Waals surface area contributed by atoms with Crippen LogP contribution in [0.4, 0.5) is 4.39 Å². The average molecular weight is 542 g/mol. The minimum Gasteiger partial charge on any atom is -0.356 e. The molecule has 1 heterocycles. The Morgan fingerprint density at radius 3 is 2.70 bits per heavy atom. The smallest absolute Gasteiger partial charge is 0.246 e. The zero-order valence-electron chi connectivity index (χ0n) is 16.4. The molecule has 0 bridgehead atoms. The van der Waals surface area contributed by atoms with Gasteiger partial charge < -0.3 is 15.2 Å². The van der Waals surface area contributed by atoms with Crippen molar-refractivity contribution >= 4 is 41.5 Å². The maximum atomic E-state index is 14.2. The number of nitrogens with zero attached hydrogens (tertiary/aromatic N) is 3. The van der Waals surface area contributed by atoms with Crippen LogP contribution in [-0.4, -0.2) is 29.7 Å². The van der Waals surface area contributed by atoms with Crippen molar-refractivity contribution in [1.82, 2.24) is 20.8 Å². The van der Waals surface area contributed by atoms with Crippen LogP contribution >= 0.6 is 35.6 Å². The van der Waals surface area contributed by atoms with Crippen molar-refractivity contribution in [3.05, 3.63) is 70.8 Å².